The lowest BCUT2D eigenvalue weighted by atomic mass is 10.1. The number of nitrogens with two attached hydrogens (primary N) is 1. The third-order valence-corrected chi connectivity index (χ3v) is 6.61. The number of carbonyl (C=O) groups excluding carboxylic acids is 2. The Morgan fingerprint density at radius 3 is 2.67 bits per heavy atom. The lowest BCUT2D eigenvalue weighted by Gasteiger charge is -2.18. The number of nitrogens with one attached hydrogen (secondary N) is 1. The van der Waals surface area contributed by atoms with Crippen LogP contribution in [0.2, 0.25) is 0 Å². The molecule has 1 atom stereocenters. The van der Waals surface area contributed by atoms with Gasteiger partial charge in [-0.15, -0.1) is 21.5 Å². The van der Waals surface area contributed by atoms with Crippen LogP contribution in [-0.2, 0) is 16.1 Å². The molecule has 3 N–H and O–H groups in total. The summed E-state index contributed by atoms with van der Waals surface area (Å²) < 4.78 is 20.5. The topological polar surface area (TPSA) is 116 Å². The zero-order chi connectivity index (χ0) is 23.2. The number of rotatable bonds is 10. The van der Waals surface area contributed by atoms with Crippen molar-refractivity contribution in [1.29, 1.82) is 0 Å². The molecule has 4 rings (SSSR count). The molecule has 0 unspecified atom stereocenters. The fraction of sp³-hybridized carbons (Fsp3) is 0.182. The molecule has 2 amide bonds. The molecule has 0 aliphatic rings. The normalized spacial score (nSPS) is 11.9. The van der Waals surface area contributed by atoms with Gasteiger partial charge in [-0.3, -0.25) is 14.2 Å². The van der Waals surface area contributed by atoms with E-state index in [1.54, 1.807) is 28.8 Å². The molecule has 0 spiro atoms. The fourth-order valence-electron chi connectivity index (χ4n) is 3.17. The summed E-state index contributed by atoms with van der Waals surface area (Å²) in [4.78, 5) is 25.1. The standard InChI is InChI=1S/C22H20FN5O3S2/c23-15-7-5-14(6-8-15)20(17-4-2-12-32-17)25-19(30)13-33-22-27-26-21(16-3-1-11-31-16)28(22)10-9-18(24)29/h1-8,11-12,20H,9-10,13H2,(H2,24,29)(H,25,30)/t20-/m1/s1. The molecule has 0 fully saturated rings. The zero-order valence-electron chi connectivity index (χ0n) is 17.3. The second-order valence-corrected chi connectivity index (χ2v) is 8.93. The lowest BCUT2D eigenvalue weighted by molar-refractivity contribution is -0.119. The van der Waals surface area contributed by atoms with E-state index in [1.807, 2.05) is 17.5 Å². The highest BCUT2D eigenvalue weighted by atomic mass is 32.2. The number of primary amides is 1. The number of benzene rings is 1. The van der Waals surface area contributed by atoms with Crippen LogP contribution in [0, 0.1) is 5.82 Å². The Balaban J connectivity index is 1.48. The molecule has 0 saturated heterocycles. The van der Waals surface area contributed by atoms with Gasteiger partial charge >= 0.3 is 0 Å². The molecular weight excluding hydrogens is 465 g/mol. The van der Waals surface area contributed by atoms with Crippen molar-refractivity contribution in [3.8, 4) is 11.6 Å². The summed E-state index contributed by atoms with van der Waals surface area (Å²) >= 11 is 2.69. The second kappa shape index (κ2) is 10.5. The number of halogens is 1. The van der Waals surface area contributed by atoms with Crippen molar-refractivity contribution in [3.05, 3.63) is 76.4 Å². The van der Waals surface area contributed by atoms with Crippen LogP contribution in [0.25, 0.3) is 11.6 Å². The van der Waals surface area contributed by atoms with E-state index < -0.39 is 11.9 Å². The Morgan fingerprint density at radius 1 is 1.18 bits per heavy atom. The molecule has 0 bridgehead atoms. The Kier molecular flexibility index (Phi) is 7.20. The number of thiophene rings is 1. The van der Waals surface area contributed by atoms with Crippen molar-refractivity contribution in [2.75, 3.05) is 5.75 Å². The van der Waals surface area contributed by atoms with E-state index in [2.05, 4.69) is 15.5 Å². The number of hydrogen-bond donors (Lipinski definition) is 2. The summed E-state index contributed by atoms with van der Waals surface area (Å²) in [6.07, 6.45) is 1.61. The molecule has 0 aliphatic carbocycles. The molecule has 33 heavy (non-hydrogen) atoms. The molecule has 170 valence electrons. The lowest BCUT2D eigenvalue weighted by Crippen LogP contribution is -2.30. The largest absolute Gasteiger partial charge is 0.461 e. The molecule has 0 aliphatic heterocycles. The number of nitrogens with zero attached hydrogens (tertiary/aromatic N) is 3. The highest BCUT2D eigenvalue weighted by molar-refractivity contribution is 7.99. The number of thioether (sulfide) groups is 1. The Hall–Kier alpha value is -3.44. The van der Waals surface area contributed by atoms with Crippen LogP contribution in [0.1, 0.15) is 22.9 Å². The van der Waals surface area contributed by atoms with E-state index >= 15 is 0 Å². The van der Waals surface area contributed by atoms with E-state index in [4.69, 9.17) is 10.2 Å². The highest BCUT2D eigenvalue weighted by Gasteiger charge is 2.21. The van der Waals surface area contributed by atoms with Crippen LogP contribution in [0.15, 0.2) is 69.7 Å². The van der Waals surface area contributed by atoms with Gasteiger partial charge < -0.3 is 15.5 Å². The number of carbonyl (C=O) groups is 2. The smallest absolute Gasteiger partial charge is 0.231 e. The van der Waals surface area contributed by atoms with Gasteiger partial charge in [-0.05, 0) is 41.3 Å². The van der Waals surface area contributed by atoms with Crippen LogP contribution in [0.3, 0.4) is 0 Å². The molecule has 11 heteroatoms. The van der Waals surface area contributed by atoms with Gasteiger partial charge in [0.15, 0.2) is 16.7 Å². The van der Waals surface area contributed by atoms with Gasteiger partial charge in [0, 0.05) is 17.8 Å². The first-order valence-electron chi connectivity index (χ1n) is 9.97. The quantitative estimate of drug-likeness (QED) is 0.332. The van der Waals surface area contributed by atoms with E-state index in [0.29, 0.717) is 16.7 Å². The Morgan fingerprint density at radius 2 is 2.00 bits per heavy atom. The molecular formula is C22H20FN5O3S2. The minimum atomic E-state index is -0.458. The molecule has 3 aromatic heterocycles. The molecule has 0 saturated carbocycles. The molecule has 8 nitrogen and oxygen atoms in total. The fourth-order valence-corrected chi connectivity index (χ4v) is 4.75. The summed E-state index contributed by atoms with van der Waals surface area (Å²) in [5.41, 5.74) is 6.09. The highest BCUT2D eigenvalue weighted by Crippen LogP contribution is 2.28. The van der Waals surface area contributed by atoms with Crippen LogP contribution in [0.5, 0.6) is 0 Å². The van der Waals surface area contributed by atoms with Gasteiger partial charge in [-0.25, -0.2) is 4.39 Å². The molecule has 0 radical (unpaired) electrons. The third kappa shape index (κ3) is 5.68. The van der Waals surface area contributed by atoms with Crippen molar-refractivity contribution in [2.24, 2.45) is 5.73 Å². The van der Waals surface area contributed by atoms with Crippen LogP contribution in [0.4, 0.5) is 4.39 Å². The van der Waals surface area contributed by atoms with E-state index in [9.17, 15) is 14.0 Å². The van der Waals surface area contributed by atoms with E-state index in [-0.39, 0.29) is 30.4 Å². The molecule has 4 aromatic rings. The van der Waals surface area contributed by atoms with Crippen molar-refractivity contribution in [1.82, 2.24) is 20.1 Å². The maximum Gasteiger partial charge on any atom is 0.231 e. The van der Waals surface area contributed by atoms with Gasteiger partial charge in [0.1, 0.15) is 5.82 Å². The molecule has 1 aromatic carbocycles. The number of aromatic nitrogens is 3. The van der Waals surface area contributed by atoms with E-state index in [0.717, 1.165) is 10.4 Å². The maximum absolute atomic E-state index is 13.4. The van der Waals surface area contributed by atoms with Crippen molar-refractivity contribution < 1.29 is 18.4 Å². The van der Waals surface area contributed by atoms with E-state index in [1.165, 1.54) is 41.5 Å². The minimum Gasteiger partial charge on any atom is -0.461 e. The number of hydrogen-bond acceptors (Lipinski definition) is 7. The van der Waals surface area contributed by atoms with Gasteiger partial charge in [-0.2, -0.15) is 0 Å². The predicted molar refractivity (Wildman–Crippen MR) is 123 cm³/mol. The van der Waals surface area contributed by atoms with Gasteiger partial charge in [-0.1, -0.05) is 30.0 Å². The summed E-state index contributed by atoms with van der Waals surface area (Å²) in [7, 11) is 0. The predicted octanol–water partition coefficient (Wildman–Crippen LogP) is 3.61. The first-order valence-corrected chi connectivity index (χ1v) is 11.8. The summed E-state index contributed by atoms with van der Waals surface area (Å²) in [5, 5.41) is 13.7. The van der Waals surface area contributed by atoms with Crippen molar-refractivity contribution in [2.45, 2.75) is 24.2 Å². The Labute approximate surface area is 197 Å². The van der Waals surface area contributed by atoms with Crippen LogP contribution >= 0.6 is 23.1 Å². The average Bonchev–Trinajstić information content (AvgIpc) is 3.57. The van der Waals surface area contributed by atoms with Gasteiger partial charge in [0.05, 0.1) is 18.1 Å². The zero-order valence-corrected chi connectivity index (χ0v) is 18.9. The van der Waals surface area contributed by atoms with Gasteiger partial charge in [0.2, 0.25) is 11.8 Å². The number of furan rings is 1. The summed E-state index contributed by atoms with van der Waals surface area (Å²) in [5.74, 6) is -0.0132. The van der Waals surface area contributed by atoms with Crippen molar-refractivity contribution in [3.63, 3.8) is 0 Å². The van der Waals surface area contributed by atoms with Crippen molar-refractivity contribution >= 4 is 34.9 Å². The minimum absolute atomic E-state index is 0.0654. The second-order valence-electron chi connectivity index (χ2n) is 7.01. The first kappa shape index (κ1) is 22.7. The summed E-state index contributed by atoms with van der Waals surface area (Å²) in [6.45, 7) is 0.260. The SMILES string of the molecule is NC(=O)CCn1c(SCC(=O)N[C@H](c2ccc(F)cc2)c2cccs2)nnc1-c1ccco1. The monoisotopic (exact) mass is 485 g/mol. The maximum atomic E-state index is 13.4. The van der Waals surface area contributed by atoms with Crippen LogP contribution in [-0.4, -0.2) is 32.3 Å². The number of amides is 2. The third-order valence-electron chi connectivity index (χ3n) is 4.71. The van der Waals surface area contributed by atoms with Gasteiger partial charge in [0.25, 0.3) is 0 Å². The van der Waals surface area contributed by atoms with Crippen LogP contribution < -0.4 is 11.1 Å². The summed E-state index contributed by atoms with van der Waals surface area (Å²) in [6, 6.07) is 12.9. The Bertz CT molecular complexity index is 1210. The molecule has 3 heterocycles. The average molecular weight is 486 g/mol. The first-order chi connectivity index (χ1) is 16.0.